The van der Waals surface area contributed by atoms with E-state index < -0.39 is 0 Å². The third kappa shape index (κ3) is 4.16. The minimum atomic E-state index is -0.0385. The molecule has 1 aliphatic rings. The van der Waals surface area contributed by atoms with E-state index in [0.29, 0.717) is 13.2 Å². The molecule has 0 radical (unpaired) electrons. The number of rotatable bonds is 6. The van der Waals surface area contributed by atoms with E-state index in [4.69, 9.17) is 9.47 Å². The Kier molecular flexibility index (Phi) is 5.16. The van der Waals surface area contributed by atoms with Gasteiger partial charge in [0.2, 0.25) is 5.91 Å². The van der Waals surface area contributed by atoms with Crippen molar-refractivity contribution in [2.45, 2.75) is 6.42 Å². The molecule has 1 amide bonds. The molecule has 0 fully saturated rings. The molecule has 24 heavy (non-hydrogen) atoms. The average molecular weight is 323 g/mol. The van der Waals surface area contributed by atoms with Crippen LogP contribution in [0.5, 0.6) is 11.5 Å². The van der Waals surface area contributed by atoms with Crippen molar-refractivity contribution in [2.24, 2.45) is 0 Å². The topological polar surface area (TPSA) is 38.8 Å². The Balaban J connectivity index is 1.48. The van der Waals surface area contributed by atoms with Gasteiger partial charge in [0.05, 0.1) is 13.2 Å². The molecule has 0 unspecified atom stereocenters. The summed E-state index contributed by atoms with van der Waals surface area (Å²) in [6.45, 7) is 1.75. The summed E-state index contributed by atoms with van der Waals surface area (Å²) >= 11 is 0. The van der Waals surface area contributed by atoms with Crippen molar-refractivity contribution in [3.05, 3.63) is 65.7 Å². The summed E-state index contributed by atoms with van der Waals surface area (Å²) in [7, 11) is 1.78. The first kappa shape index (κ1) is 16.1. The van der Waals surface area contributed by atoms with Crippen molar-refractivity contribution in [3.63, 3.8) is 0 Å². The van der Waals surface area contributed by atoms with Crippen molar-refractivity contribution < 1.29 is 14.3 Å². The maximum atomic E-state index is 12.2. The first-order valence-electron chi connectivity index (χ1n) is 8.09. The van der Waals surface area contributed by atoms with Gasteiger partial charge in [-0.1, -0.05) is 24.3 Å². The van der Waals surface area contributed by atoms with Crippen LogP contribution in [-0.2, 0) is 11.2 Å². The first-order valence-corrected chi connectivity index (χ1v) is 8.09. The first-order chi connectivity index (χ1) is 11.7. The Morgan fingerprint density at radius 2 is 2.08 bits per heavy atom. The smallest absolute Gasteiger partial charge is 0.246 e. The SMILES string of the molecule is CN(CCOc1ccccc1)C(=O)/C=C/c1ccc2c(c1)CCO2. The summed E-state index contributed by atoms with van der Waals surface area (Å²) in [6.07, 6.45) is 4.37. The number of nitrogens with zero attached hydrogens (tertiary/aromatic N) is 1. The van der Waals surface area contributed by atoms with Gasteiger partial charge in [0.15, 0.2) is 0 Å². The molecule has 2 aromatic rings. The van der Waals surface area contributed by atoms with Crippen LogP contribution >= 0.6 is 0 Å². The quantitative estimate of drug-likeness (QED) is 0.767. The number of amides is 1. The Hall–Kier alpha value is -2.75. The highest BCUT2D eigenvalue weighted by Gasteiger charge is 2.11. The second-order valence-corrected chi connectivity index (χ2v) is 5.72. The molecule has 2 aromatic carbocycles. The molecule has 3 rings (SSSR count). The van der Waals surface area contributed by atoms with Crippen molar-refractivity contribution >= 4 is 12.0 Å². The van der Waals surface area contributed by atoms with Crippen LogP contribution in [0.4, 0.5) is 0 Å². The third-order valence-electron chi connectivity index (χ3n) is 3.95. The zero-order valence-electron chi connectivity index (χ0n) is 13.8. The lowest BCUT2D eigenvalue weighted by molar-refractivity contribution is -0.125. The number of benzene rings is 2. The van der Waals surface area contributed by atoms with Gasteiger partial charge in [0.1, 0.15) is 18.1 Å². The predicted octanol–water partition coefficient (Wildman–Crippen LogP) is 3.17. The maximum absolute atomic E-state index is 12.2. The molecular formula is C20H21NO3. The van der Waals surface area contributed by atoms with Crippen LogP contribution in [0.25, 0.3) is 6.08 Å². The zero-order chi connectivity index (χ0) is 16.8. The largest absolute Gasteiger partial charge is 0.493 e. The van der Waals surface area contributed by atoms with E-state index in [9.17, 15) is 4.79 Å². The third-order valence-corrected chi connectivity index (χ3v) is 3.95. The second-order valence-electron chi connectivity index (χ2n) is 5.72. The van der Waals surface area contributed by atoms with Gasteiger partial charge >= 0.3 is 0 Å². The molecule has 0 N–H and O–H groups in total. The molecule has 1 heterocycles. The summed E-state index contributed by atoms with van der Waals surface area (Å²) in [4.78, 5) is 13.8. The Bertz CT molecular complexity index is 725. The number of para-hydroxylation sites is 1. The molecule has 0 aliphatic carbocycles. The molecule has 0 saturated heterocycles. The van der Waals surface area contributed by atoms with Gasteiger partial charge in [-0.25, -0.2) is 0 Å². The van der Waals surface area contributed by atoms with Crippen molar-refractivity contribution in [1.29, 1.82) is 0 Å². The number of carbonyl (C=O) groups is 1. The molecule has 124 valence electrons. The highest BCUT2D eigenvalue weighted by atomic mass is 16.5. The van der Waals surface area contributed by atoms with Crippen molar-refractivity contribution in [1.82, 2.24) is 4.90 Å². The zero-order valence-corrected chi connectivity index (χ0v) is 13.8. The number of hydrogen-bond donors (Lipinski definition) is 0. The fourth-order valence-corrected chi connectivity index (χ4v) is 2.53. The summed E-state index contributed by atoms with van der Waals surface area (Å²) in [5.41, 5.74) is 2.22. The van der Waals surface area contributed by atoms with Gasteiger partial charge < -0.3 is 14.4 Å². The van der Waals surface area contributed by atoms with Crippen LogP contribution in [0.15, 0.2) is 54.6 Å². The summed E-state index contributed by atoms with van der Waals surface area (Å²) in [5.74, 6) is 1.73. The molecule has 0 bridgehead atoms. The van der Waals surface area contributed by atoms with Crippen LogP contribution in [0.2, 0.25) is 0 Å². The van der Waals surface area contributed by atoms with Gasteiger partial charge in [-0.3, -0.25) is 4.79 Å². The monoisotopic (exact) mass is 323 g/mol. The summed E-state index contributed by atoms with van der Waals surface area (Å²) in [6, 6.07) is 15.6. The number of ether oxygens (including phenoxy) is 2. The molecular weight excluding hydrogens is 302 g/mol. The molecule has 4 heteroatoms. The van der Waals surface area contributed by atoms with Crippen LogP contribution in [0, 0.1) is 0 Å². The molecule has 0 saturated carbocycles. The highest BCUT2D eigenvalue weighted by molar-refractivity contribution is 5.91. The fraction of sp³-hybridized carbons (Fsp3) is 0.250. The highest BCUT2D eigenvalue weighted by Crippen LogP contribution is 2.26. The normalized spacial score (nSPS) is 12.7. The van der Waals surface area contributed by atoms with E-state index in [0.717, 1.165) is 30.1 Å². The van der Waals surface area contributed by atoms with E-state index in [2.05, 4.69) is 6.07 Å². The van der Waals surface area contributed by atoms with Crippen molar-refractivity contribution in [3.8, 4) is 11.5 Å². The number of likely N-dealkylation sites (N-methyl/N-ethyl adjacent to an activating group) is 1. The molecule has 0 spiro atoms. The molecule has 0 aromatic heterocycles. The standard InChI is InChI=1S/C20H21NO3/c1-21(12-14-23-18-5-3-2-4-6-18)20(22)10-8-16-7-9-19-17(15-16)11-13-24-19/h2-10,15H,11-14H2,1H3/b10-8+. The maximum Gasteiger partial charge on any atom is 0.246 e. The molecule has 0 atom stereocenters. The van der Waals surface area contributed by atoms with E-state index in [1.165, 1.54) is 5.56 Å². The van der Waals surface area contributed by atoms with Crippen LogP contribution in [0.3, 0.4) is 0 Å². The van der Waals surface area contributed by atoms with E-state index >= 15 is 0 Å². The van der Waals surface area contributed by atoms with E-state index in [-0.39, 0.29) is 5.91 Å². The van der Waals surface area contributed by atoms with Gasteiger partial charge in [0.25, 0.3) is 0 Å². The van der Waals surface area contributed by atoms with Gasteiger partial charge in [-0.05, 0) is 41.5 Å². The number of carbonyl (C=O) groups excluding carboxylic acids is 1. The van der Waals surface area contributed by atoms with E-state index in [1.807, 2.05) is 48.5 Å². The summed E-state index contributed by atoms with van der Waals surface area (Å²) < 4.78 is 11.1. The number of hydrogen-bond acceptors (Lipinski definition) is 3. The Labute approximate surface area is 142 Å². The van der Waals surface area contributed by atoms with Crippen LogP contribution < -0.4 is 9.47 Å². The lowest BCUT2D eigenvalue weighted by atomic mass is 10.1. The lowest BCUT2D eigenvalue weighted by Gasteiger charge is -2.15. The van der Waals surface area contributed by atoms with Gasteiger partial charge in [0, 0.05) is 19.5 Å². The lowest BCUT2D eigenvalue weighted by Crippen LogP contribution is -2.29. The summed E-state index contributed by atoms with van der Waals surface area (Å²) in [5, 5.41) is 0. The van der Waals surface area contributed by atoms with Crippen LogP contribution in [-0.4, -0.2) is 37.6 Å². The average Bonchev–Trinajstić information content (AvgIpc) is 3.08. The Morgan fingerprint density at radius 1 is 1.25 bits per heavy atom. The van der Waals surface area contributed by atoms with Crippen LogP contribution in [0.1, 0.15) is 11.1 Å². The second kappa shape index (κ2) is 7.68. The number of fused-ring (bicyclic) bond motifs is 1. The Morgan fingerprint density at radius 3 is 2.92 bits per heavy atom. The fourth-order valence-electron chi connectivity index (χ4n) is 2.53. The van der Waals surface area contributed by atoms with E-state index in [1.54, 1.807) is 18.0 Å². The van der Waals surface area contributed by atoms with Crippen molar-refractivity contribution in [2.75, 3.05) is 26.8 Å². The van der Waals surface area contributed by atoms with Gasteiger partial charge in [-0.2, -0.15) is 0 Å². The molecule has 4 nitrogen and oxygen atoms in total. The minimum absolute atomic E-state index is 0.0385. The predicted molar refractivity (Wildman–Crippen MR) is 94.2 cm³/mol. The molecule has 1 aliphatic heterocycles. The van der Waals surface area contributed by atoms with Gasteiger partial charge in [-0.15, -0.1) is 0 Å². The minimum Gasteiger partial charge on any atom is -0.493 e.